The Kier molecular flexibility index (Phi) is 5.77. The number of ether oxygens (including phenoxy) is 2. The number of amides is 1. The lowest BCUT2D eigenvalue weighted by Crippen LogP contribution is -2.48. The van der Waals surface area contributed by atoms with Gasteiger partial charge in [-0.05, 0) is 45.7 Å². The summed E-state index contributed by atoms with van der Waals surface area (Å²) >= 11 is 0. The van der Waals surface area contributed by atoms with Crippen LogP contribution in [0.3, 0.4) is 0 Å². The quantitative estimate of drug-likeness (QED) is 0.761. The van der Waals surface area contributed by atoms with Gasteiger partial charge in [-0.1, -0.05) is 0 Å². The van der Waals surface area contributed by atoms with Crippen LogP contribution in [-0.2, 0) is 9.47 Å². The number of nitrogens with zero attached hydrogens (tertiary/aromatic N) is 3. The van der Waals surface area contributed by atoms with E-state index in [1.807, 2.05) is 4.90 Å². The molecular weight excluding hydrogens is 294 g/mol. The molecule has 1 amide bonds. The van der Waals surface area contributed by atoms with E-state index in [2.05, 4.69) is 23.6 Å². The number of carbonyl (C=O) groups is 1. The minimum absolute atomic E-state index is 0.143. The third kappa shape index (κ3) is 4.81. The maximum atomic E-state index is 11.4. The molecule has 3 heterocycles. The molecule has 0 spiro atoms. The van der Waals surface area contributed by atoms with Crippen molar-refractivity contribution in [2.24, 2.45) is 5.92 Å². The van der Waals surface area contributed by atoms with Gasteiger partial charge in [-0.3, -0.25) is 4.90 Å². The molecular formula is C17H31N3O3. The standard InChI is InChI=1S/C17H31N3O3/c1-14-11-19(12-15(2)23-14)13-16-3-5-18(6-4-16)7-8-20-9-10-22-17(20)21/h14-16H,3-13H2,1-2H3/t14-,15-/m0/s1. The monoisotopic (exact) mass is 325 g/mol. The lowest BCUT2D eigenvalue weighted by Gasteiger charge is -2.39. The lowest BCUT2D eigenvalue weighted by molar-refractivity contribution is -0.0731. The topological polar surface area (TPSA) is 45.2 Å². The van der Waals surface area contributed by atoms with Crippen LogP contribution in [0.25, 0.3) is 0 Å². The third-order valence-electron chi connectivity index (χ3n) is 5.25. The summed E-state index contributed by atoms with van der Waals surface area (Å²) in [6, 6.07) is 0. The zero-order valence-corrected chi connectivity index (χ0v) is 14.6. The average molecular weight is 325 g/mol. The van der Waals surface area contributed by atoms with Crippen molar-refractivity contribution in [1.82, 2.24) is 14.7 Å². The van der Waals surface area contributed by atoms with Gasteiger partial charge in [0.1, 0.15) is 6.61 Å². The first-order chi connectivity index (χ1) is 11.1. The van der Waals surface area contributed by atoms with Crippen molar-refractivity contribution in [1.29, 1.82) is 0 Å². The highest BCUT2D eigenvalue weighted by Gasteiger charge is 2.27. The Morgan fingerprint density at radius 3 is 2.30 bits per heavy atom. The Hall–Kier alpha value is -0.850. The summed E-state index contributed by atoms with van der Waals surface area (Å²) in [5, 5.41) is 0. The molecule has 0 saturated carbocycles. The van der Waals surface area contributed by atoms with Crippen molar-refractivity contribution < 1.29 is 14.3 Å². The summed E-state index contributed by atoms with van der Waals surface area (Å²) in [5.74, 6) is 0.806. The van der Waals surface area contributed by atoms with E-state index in [0.717, 1.165) is 51.7 Å². The molecule has 23 heavy (non-hydrogen) atoms. The first kappa shape index (κ1) is 17.0. The zero-order chi connectivity index (χ0) is 16.2. The van der Waals surface area contributed by atoms with E-state index in [9.17, 15) is 4.79 Å². The Balaban J connectivity index is 1.34. The van der Waals surface area contributed by atoms with E-state index in [4.69, 9.17) is 9.47 Å². The Morgan fingerprint density at radius 1 is 1.00 bits per heavy atom. The second-order valence-electron chi connectivity index (χ2n) is 7.36. The van der Waals surface area contributed by atoms with Gasteiger partial charge in [0.15, 0.2) is 0 Å². The number of morpholine rings is 1. The van der Waals surface area contributed by atoms with Crippen molar-refractivity contribution in [3.05, 3.63) is 0 Å². The molecule has 3 aliphatic rings. The van der Waals surface area contributed by atoms with Crippen molar-refractivity contribution in [2.45, 2.75) is 38.9 Å². The predicted molar refractivity (Wildman–Crippen MR) is 88.5 cm³/mol. The largest absolute Gasteiger partial charge is 0.448 e. The van der Waals surface area contributed by atoms with Gasteiger partial charge in [-0.15, -0.1) is 0 Å². The summed E-state index contributed by atoms with van der Waals surface area (Å²) in [4.78, 5) is 18.3. The van der Waals surface area contributed by atoms with Crippen molar-refractivity contribution >= 4 is 6.09 Å². The number of cyclic esters (lactones) is 1. The second-order valence-corrected chi connectivity index (χ2v) is 7.36. The fraction of sp³-hybridized carbons (Fsp3) is 0.941. The Bertz CT molecular complexity index is 389. The molecule has 0 bridgehead atoms. The highest BCUT2D eigenvalue weighted by atomic mass is 16.6. The normalized spacial score (nSPS) is 31.6. The highest BCUT2D eigenvalue weighted by molar-refractivity contribution is 5.69. The molecule has 0 aromatic rings. The molecule has 3 saturated heterocycles. The van der Waals surface area contributed by atoms with Gasteiger partial charge in [-0.2, -0.15) is 0 Å². The summed E-state index contributed by atoms with van der Waals surface area (Å²) in [6.07, 6.45) is 3.11. The highest BCUT2D eigenvalue weighted by Crippen LogP contribution is 2.21. The fourth-order valence-corrected chi connectivity index (χ4v) is 4.08. The third-order valence-corrected chi connectivity index (χ3v) is 5.25. The second kappa shape index (κ2) is 7.81. The number of hydrogen-bond donors (Lipinski definition) is 0. The molecule has 3 rings (SSSR count). The van der Waals surface area contributed by atoms with Gasteiger partial charge in [0.05, 0.1) is 18.8 Å². The minimum atomic E-state index is -0.143. The molecule has 0 unspecified atom stereocenters. The van der Waals surface area contributed by atoms with Crippen LogP contribution in [0.4, 0.5) is 4.79 Å². The summed E-state index contributed by atoms with van der Waals surface area (Å²) in [5.41, 5.74) is 0. The van der Waals surface area contributed by atoms with Crippen LogP contribution in [0, 0.1) is 5.92 Å². The summed E-state index contributed by atoms with van der Waals surface area (Å²) in [7, 11) is 0. The number of piperidine rings is 1. The molecule has 6 heteroatoms. The van der Waals surface area contributed by atoms with Crippen LogP contribution in [0.5, 0.6) is 0 Å². The number of hydrogen-bond acceptors (Lipinski definition) is 5. The maximum absolute atomic E-state index is 11.4. The van der Waals surface area contributed by atoms with Crippen molar-refractivity contribution in [2.75, 3.05) is 59.0 Å². The molecule has 0 aromatic heterocycles. The van der Waals surface area contributed by atoms with Gasteiger partial charge in [0.2, 0.25) is 0 Å². The van der Waals surface area contributed by atoms with E-state index < -0.39 is 0 Å². The van der Waals surface area contributed by atoms with Crippen LogP contribution in [0.1, 0.15) is 26.7 Å². The van der Waals surface area contributed by atoms with Crippen LogP contribution in [0.15, 0.2) is 0 Å². The zero-order valence-electron chi connectivity index (χ0n) is 14.6. The molecule has 2 atom stereocenters. The van der Waals surface area contributed by atoms with Gasteiger partial charge in [0, 0.05) is 32.7 Å². The minimum Gasteiger partial charge on any atom is -0.448 e. The van der Waals surface area contributed by atoms with E-state index in [0.29, 0.717) is 18.8 Å². The molecule has 0 aromatic carbocycles. The molecule has 132 valence electrons. The molecule has 3 fully saturated rings. The smallest absolute Gasteiger partial charge is 0.409 e. The van der Waals surface area contributed by atoms with E-state index >= 15 is 0 Å². The van der Waals surface area contributed by atoms with Crippen molar-refractivity contribution in [3.63, 3.8) is 0 Å². The van der Waals surface area contributed by atoms with Crippen LogP contribution in [0.2, 0.25) is 0 Å². The molecule has 3 aliphatic heterocycles. The first-order valence-corrected chi connectivity index (χ1v) is 9.12. The van der Waals surface area contributed by atoms with Gasteiger partial charge in [0.25, 0.3) is 0 Å². The Labute approximate surface area is 139 Å². The van der Waals surface area contributed by atoms with Crippen LogP contribution < -0.4 is 0 Å². The SMILES string of the molecule is C[C@H]1CN(CC2CCN(CCN3CCOC3=O)CC2)C[C@H](C)O1. The van der Waals surface area contributed by atoms with Crippen molar-refractivity contribution in [3.8, 4) is 0 Å². The van der Waals surface area contributed by atoms with Gasteiger partial charge >= 0.3 is 6.09 Å². The summed E-state index contributed by atoms with van der Waals surface area (Å²) in [6.45, 7) is 13.1. The predicted octanol–water partition coefficient (Wildman–Crippen LogP) is 1.26. The van der Waals surface area contributed by atoms with Gasteiger partial charge < -0.3 is 19.3 Å². The lowest BCUT2D eigenvalue weighted by atomic mass is 9.95. The maximum Gasteiger partial charge on any atom is 0.409 e. The molecule has 0 aliphatic carbocycles. The summed E-state index contributed by atoms with van der Waals surface area (Å²) < 4.78 is 10.8. The average Bonchev–Trinajstić information content (AvgIpc) is 2.91. The van der Waals surface area contributed by atoms with E-state index in [-0.39, 0.29) is 6.09 Å². The number of likely N-dealkylation sites (tertiary alicyclic amines) is 1. The Morgan fingerprint density at radius 2 is 1.70 bits per heavy atom. The number of carbonyl (C=O) groups excluding carboxylic acids is 1. The van der Waals surface area contributed by atoms with Gasteiger partial charge in [-0.25, -0.2) is 4.79 Å². The molecule has 6 nitrogen and oxygen atoms in total. The fourth-order valence-electron chi connectivity index (χ4n) is 4.08. The molecule has 0 N–H and O–H groups in total. The van der Waals surface area contributed by atoms with E-state index in [1.165, 1.54) is 19.4 Å². The van der Waals surface area contributed by atoms with Crippen LogP contribution in [-0.4, -0.2) is 92.0 Å². The van der Waals surface area contributed by atoms with E-state index in [1.54, 1.807) is 0 Å². The van der Waals surface area contributed by atoms with Crippen LogP contribution >= 0.6 is 0 Å². The molecule has 0 radical (unpaired) electrons. The number of rotatable bonds is 5. The first-order valence-electron chi connectivity index (χ1n) is 9.12.